The first-order chi connectivity index (χ1) is 9.97. The van der Waals surface area contributed by atoms with E-state index >= 15 is 0 Å². The smallest absolute Gasteiger partial charge is 0.182 e. The molecule has 0 saturated carbocycles. The normalized spacial score (nSPS) is 10.9. The number of ether oxygens (including phenoxy) is 1. The van der Waals surface area contributed by atoms with Crippen molar-refractivity contribution >= 4 is 9.84 Å². The van der Waals surface area contributed by atoms with E-state index in [2.05, 4.69) is 0 Å². The Morgan fingerprint density at radius 2 is 1.86 bits per heavy atom. The molecule has 2 rings (SSSR count). The molecule has 108 valence electrons. The fourth-order valence-electron chi connectivity index (χ4n) is 1.85. The van der Waals surface area contributed by atoms with E-state index in [0.29, 0.717) is 5.75 Å². The number of hydrogen-bond acceptors (Lipinski definition) is 4. The van der Waals surface area contributed by atoms with Crippen LogP contribution in [0, 0.1) is 17.1 Å². The van der Waals surface area contributed by atoms with Crippen molar-refractivity contribution in [2.75, 3.05) is 7.11 Å². The van der Waals surface area contributed by atoms with Gasteiger partial charge < -0.3 is 4.74 Å². The quantitative estimate of drug-likeness (QED) is 0.871. The SMILES string of the molecule is COc1ccc(S(=O)(=O)Cc2cccc(C#N)c2F)cc1. The molecule has 0 N–H and O–H groups in total. The van der Waals surface area contributed by atoms with Crippen molar-refractivity contribution in [2.24, 2.45) is 0 Å². The van der Waals surface area contributed by atoms with Crippen LogP contribution in [0.4, 0.5) is 4.39 Å². The van der Waals surface area contributed by atoms with Gasteiger partial charge in [0.05, 0.1) is 23.3 Å². The molecule has 4 nitrogen and oxygen atoms in total. The molecule has 0 atom stereocenters. The zero-order valence-electron chi connectivity index (χ0n) is 11.2. The summed E-state index contributed by atoms with van der Waals surface area (Å²) in [6.07, 6.45) is 0. The average molecular weight is 305 g/mol. The van der Waals surface area contributed by atoms with E-state index in [0.717, 1.165) is 0 Å². The van der Waals surface area contributed by atoms with Crippen LogP contribution in [0.15, 0.2) is 47.4 Å². The monoisotopic (exact) mass is 305 g/mol. The maximum atomic E-state index is 13.9. The van der Waals surface area contributed by atoms with Crippen LogP contribution in [-0.2, 0) is 15.6 Å². The lowest BCUT2D eigenvalue weighted by atomic mass is 10.1. The van der Waals surface area contributed by atoms with Crippen LogP contribution in [0.5, 0.6) is 5.75 Å². The summed E-state index contributed by atoms with van der Waals surface area (Å²) in [5.74, 6) is -0.760. The lowest BCUT2D eigenvalue weighted by molar-refractivity contribution is 0.414. The number of rotatable bonds is 4. The van der Waals surface area contributed by atoms with Gasteiger partial charge in [0.15, 0.2) is 9.84 Å². The fraction of sp³-hybridized carbons (Fsp3) is 0.133. The van der Waals surface area contributed by atoms with Gasteiger partial charge in [-0.25, -0.2) is 12.8 Å². The van der Waals surface area contributed by atoms with Gasteiger partial charge in [-0.1, -0.05) is 12.1 Å². The van der Waals surface area contributed by atoms with Crippen LogP contribution in [0.25, 0.3) is 0 Å². The highest BCUT2D eigenvalue weighted by molar-refractivity contribution is 7.90. The molecule has 0 spiro atoms. The predicted octanol–water partition coefficient (Wildman–Crippen LogP) is 2.68. The summed E-state index contributed by atoms with van der Waals surface area (Å²) in [5.41, 5.74) is -0.192. The van der Waals surface area contributed by atoms with Crippen molar-refractivity contribution in [3.63, 3.8) is 0 Å². The second kappa shape index (κ2) is 5.94. The first-order valence-corrected chi connectivity index (χ1v) is 7.67. The fourth-order valence-corrected chi connectivity index (χ4v) is 3.20. The van der Waals surface area contributed by atoms with Gasteiger partial charge in [0, 0.05) is 5.56 Å². The van der Waals surface area contributed by atoms with E-state index in [-0.39, 0.29) is 16.0 Å². The Hall–Kier alpha value is -2.39. The third-order valence-electron chi connectivity index (χ3n) is 2.96. The molecule has 0 bridgehead atoms. The van der Waals surface area contributed by atoms with Crippen LogP contribution in [0.2, 0.25) is 0 Å². The molecule has 0 heterocycles. The Kier molecular flexibility index (Phi) is 4.24. The molecule has 21 heavy (non-hydrogen) atoms. The molecule has 6 heteroatoms. The lowest BCUT2D eigenvalue weighted by Gasteiger charge is -2.07. The first kappa shape index (κ1) is 15.0. The zero-order valence-corrected chi connectivity index (χ0v) is 12.0. The Balaban J connectivity index is 2.35. The average Bonchev–Trinajstić information content (AvgIpc) is 2.49. The molecule has 0 aromatic heterocycles. The highest BCUT2D eigenvalue weighted by Gasteiger charge is 2.19. The van der Waals surface area contributed by atoms with E-state index in [1.807, 2.05) is 0 Å². The molecular formula is C15H12FNO3S. The third kappa shape index (κ3) is 3.20. The molecule has 0 aliphatic carbocycles. The van der Waals surface area contributed by atoms with Crippen LogP contribution >= 0.6 is 0 Å². The van der Waals surface area contributed by atoms with Crippen molar-refractivity contribution in [3.05, 3.63) is 59.4 Å². The summed E-state index contributed by atoms with van der Waals surface area (Å²) >= 11 is 0. The largest absolute Gasteiger partial charge is 0.497 e. The topological polar surface area (TPSA) is 67.2 Å². The highest BCUT2D eigenvalue weighted by atomic mass is 32.2. The summed E-state index contributed by atoms with van der Waals surface area (Å²) < 4.78 is 43.4. The van der Waals surface area contributed by atoms with Crippen molar-refractivity contribution < 1.29 is 17.5 Å². The Bertz CT molecular complexity index is 793. The lowest BCUT2D eigenvalue weighted by Crippen LogP contribution is -2.07. The standard InChI is InChI=1S/C15H12FNO3S/c1-20-13-5-7-14(8-6-13)21(18,19)10-12-4-2-3-11(9-17)15(12)16/h2-8H,10H2,1H3. The Morgan fingerprint density at radius 1 is 1.19 bits per heavy atom. The molecule has 0 amide bonds. The molecule has 0 radical (unpaired) electrons. The van der Waals surface area contributed by atoms with E-state index < -0.39 is 21.4 Å². The minimum Gasteiger partial charge on any atom is -0.497 e. The molecule has 2 aromatic carbocycles. The maximum Gasteiger partial charge on any atom is 0.182 e. The van der Waals surface area contributed by atoms with Gasteiger partial charge in [0.1, 0.15) is 17.6 Å². The molecule has 0 unspecified atom stereocenters. The summed E-state index contributed by atoms with van der Waals surface area (Å²) in [4.78, 5) is 0.0741. The Morgan fingerprint density at radius 3 is 2.43 bits per heavy atom. The highest BCUT2D eigenvalue weighted by Crippen LogP contribution is 2.22. The minimum absolute atomic E-state index is 0.0233. The second-order valence-corrected chi connectivity index (χ2v) is 6.31. The van der Waals surface area contributed by atoms with Gasteiger partial charge in [-0.15, -0.1) is 0 Å². The van der Waals surface area contributed by atoms with Gasteiger partial charge >= 0.3 is 0 Å². The molecule has 2 aromatic rings. The first-order valence-electron chi connectivity index (χ1n) is 6.02. The van der Waals surface area contributed by atoms with Crippen LogP contribution in [-0.4, -0.2) is 15.5 Å². The van der Waals surface area contributed by atoms with Crippen molar-refractivity contribution in [1.82, 2.24) is 0 Å². The van der Waals surface area contributed by atoms with E-state index in [1.54, 1.807) is 6.07 Å². The van der Waals surface area contributed by atoms with Gasteiger partial charge in [0.25, 0.3) is 0 Å². The number of nitrogens with zero attached hydrogens (tertiary/aromatic N) is 1. The molecular weight excluding hydrogens is 293 g/mol. The second-order valence-electron chi connectivity index (χ2n) is 4.33. The van der Waals surface area contributed by atoms with Crippen molar-refractivity contribution in [2.45, 2.75) is 10.6 Å². The number of nitriles is 1. The third-order valence-corrected chi connectivity index (χ3v) is 4.64. The van der Waals surface area contributed by atoms with Crippen LogP contribution in [0.1, 0.15) is 11.1 Å². The number of sulfone groups is 1. The minimum atomic E-state index is -3.69. The maximum absolute atomic E-state index is 13.9. The summed E-state index contributed by atoms with van der Waals surface area (Å²) in [5, 5.41) is 8.76. The van der Waals surface area contributed by atoms with E-state index in [4.69, 9.17) is 10.00 Å². The number of halogens is 1. The van der Waals surface area contributed by atoms with Gasteiger partial charge in [0.2, 0.25) is 0 Å². The van der Waals surface area contributed by atoms with Gasteiger partial charge in [-0.05, 0) is 30.3 Å². The van der Waals surface area contributed by atoms with Crippen LogP contribution in [0.3, 0.4) is 0 Å². The van der Waals surface area contributed by atoms with E-state index in [1.165, 1.54) is 49.6 Å². The molecule has 0 aliphatic heterocycles. The number of hydrogen-bond donors (Lipinski definition) is 0. The van der Waals surface area contributed by atoms with Gasteiger partial charge in [-0.2, -0.15) is 5.26 Å². The van der Waals surface area contributed by atoms with Gasteiger partial charge in [-0.3, -0.25) is 0 Å². The number of benzene rings is 2. The number of methoxy groups -OCH3 is 1. The van der Waals surface area contributed by atoms with Crippen molar-refractivity contribution in [1.29, 1.82) is 5.26 Å². The summed E-state index contributed by atoms with van der Waals surface area (Å²) in [7, 11) is -2.21. The molecule has 0 aliphatic rings. The predicted molar refractivity (Wildman–Crippen MR) is 75.0 cm³/mol. The Labute approximate surface area is 122 Å². The summed E-state index contributed by atoms with van der Waals surface area (Å²) in [6, 6.07) is 11.7. The molecule has 0 saturated heterocycles. The molecule has 0 fully saturated rings. The zero-order chi connectivity index (χ0) is 15.5. The van der Waals surface area contributed by atoms with Crippen molar-refractivity contribution in [3.8, 4) is 11.8 Å². The van der Waals surface area contributed by atoms with Crippen LogP contribution < -0.4 is 4.74 Å². The van der Waals surface area contributed by atoms with E-state index in [9.17, 15) is 12.8 Å². The summed E-state index contributed by atoms with van der Waals surface area (Å²) in [6.45, 7) is 0.